The van der Waals surface area contributed by atoms with E-state index in [1.807, 2.05) is 0 Å². The van der Waals surface area contributed by atoms with Crippen molar-refractivity contribution >= 4 is 27.7 Å². The van der Waals surface area contributed by atoms with Crippen LogP contribution >= 0.6 is 11.8 Å². The van der Waals surface area contributed by atoms with E-state index in [1.54, 1.807) is 12.1 Å². The van der Waals surface area contributed by atoms with Crippen molar-refractivity contribution in [2.75, 3.05) is 45.5 Å². The van der Waals surface area contributed by atoms with Crippen LogP contribution in [0.4, 0.5) is 0 Å². The Morgan fingerprint density at radius 2 is 1.96 bits per heavy atom. The Kier molecular flexibility index (Phi) is 7.73. The summed E-state index contributed by atoms with van der Waals surface area (Å²) < 4.78 is 27.0. The topological polar surface area (TPSA) is 83.8 Å². The highest BCUT2D eigenvalue weighted by molar-refractivity contribution is 7.99. The molecule has 0 unspecified atom stereocenters. The van der Waals surface area contributed by atoms with Gasteiger partial charge >= 0.3 is 0 Å². The van der Waals surface area contributed by atoms with Gasteiger partial charge in [-0.2, -0.15) is 4.31 Å². The van der Waals surface area contributed by atoms with E-state index in [0.29, 0.717) is 29.8 Å². The van der Waals surface area contributed by atoms with Crippen LogP contribution in [0.25, 0.3) is 0 Å². The van der Waals surface area contributed by atoms with Gasteiger partial charge in [0.25, 0.3) is 0 Å². The molecule has 3 rings (SSSR count). The lowest BCUT2D eigenvalue weighted by molar-refractivity contribution is -0.883. The fourth-order valence-corrected chi connectivity index (χ4v) is 5.76. The molecule has 1 aromatic rings. The van der Waals surface area contributed by atoms with Crippen molar-refractivity contribution < 1.29 is 18.1 Å². The first-order valence-electron chi connectivity index (χ1n) is 10.1. The highest BCUT2D eigenvalue weighted by Gasteiger charge is 2.29. The molecule has 1 aromatic heterocycles. The molecule has 1 aliphatic heterocycles. The van der Waals surface area contributed by atoms with Crippen molar-refractivity contribution in [3.05, 3.63) is 18.3 Å². The molecular weight excluding hydrogens is 396 g/mol. The lowest BCUT2D eigenvalue weighted by atomic mass is 9.89. The van der Waals surface area contributed by atoms with Gasteiger partial charge in [-0.1, -0.05) is 31.0 Å². The molecule has 2 fully saturated rings. The number of pyridine rings is 1. The monoisotopic (exact) mass is 427 g/mol. The zero-order valence-corrected chi connectivity index (χ0v) is 18.2. The summed E-state index contributed by atoms with van der Waals surface area (Å²) >= 11 is 1.34. The normalized spacial score (nSPS) is 20.2. The van der Waals surface area contributed by atoms with Gasteiger partial charge in [0.05, 0.1) is 44.0 Å². The van der Waals surface area contributed by atoms with Crippen LogP contribution in [0.3, 0.4) is 0 Å². The molecule has 9 heteroatoms. The number of carbonyl (C=O) groups is 1. The second-order valence-electron chi connectivity index (χ2n) is 7.79. The largest absolute Gasteiger partial charge is 0.355 e. The van der Waals surface area contributed by atoms with E-state index in [2.05, 4.69) is 17.3 Å². The third-order valence-corrected chi connectivity index (χ3v) is 8.41. The molecule has 0 spiro atoms. The maximum absolute atomic E-state index is 12.7. The molecular formula is C19H31N4O3S2+. The molecule has 0 atom stereocenters. The SMILES string of the molecule is C[NH+]1CCN(S(=O)(=O)c2ccc(SCC(=O)NCC3CCCCC3)nc2)CC1. The minimum Gasteiger partial charge on any atom is -0.355 e. The average molecular weight is 428 g/mol. The quantitative estimate of drug-likeness (QED) is 0.615. The van der Waals surface area contributed by atoms with Crippen molar-refractivity contribution in [2.24, 2.45) is 5.92 Å². The molecule has 0 aromatic carbocycles. The molecule has 1 saturated carbocycles. The van der Waals surface area contributed by atoms with Gasteiger partial charge in [0.1, 0.15) is 4.90 Å². The smallest absolute Gasteiger partial charge is 0.245 e. The van der Waals surface area contributed by atoms with Gasteiger partial charge in [-0.05, 0) is 30.9 Å². The molecule has 2 aliphatic rings. The Bertz CT molecular complexity index is 741. The fraction of sp³-hybridized carbons (Fsp3) is 0.684. The molecule has 2 heterocycles. The summed E-state index contributed by atoms with van der Waals surface area (Å²) in [5.74, 6) is 0.919. The molecule has 156 valence electrons. The van der Waals surface area contributed by atoms with E-state index < -0.39 is 10.0 Å². The number of likely N-dealkylation sites (N-methyl/N-ethyl adjacent to an activating group) is 1. The van der Waals surface area contributed by atoms with Crippen molar-refractivity contribution in [2.45, 2.75) is 42.0 Å². The Morgan fingerprint density at radius 3 is 2.61 bits per heavy atom. The molecule has 1 aliphatic carbocycles. The van der Waals surface area contributed by atoms with E-state index in [-0.39, 0.29) is 10.8 Å². The number of hydrogen-bond donors (Lipinski definition) is 2. The van der Waals surface area contributed by atoms with E-state index in [0.717, 1.165) is 19.6 Å². The maximum Gasteiger partial charge on any atom is 0.245 e. The van der Waals surface area contributed by atoms with Gasteiger partial charge in [0.15, 0.2) is 0 Å². The molecule has 2 N–H and O–H groups in total. The Morgan fingerprint density at radius 1 is 1.25 bits per heavy atom. The summed E-state index contributed by atoms with van der Waals surface area (Å²) in [5.41, 5.74) is 0. The summed E-state index contributed by atoms with van der Waals surface area (Å²) in [4.78, 5) is 17.9. The van der Waals surface area contributed by atoms with E-state index >= 15 is 0 Å². The minimum absolute atomic E-state index is 0.00834. The third kappa shape index (κ3) is 5.92. The molecule has 7 nitrogen and oxygen atoms in total. The zero-order valence-electron chi connectivity index (χ0n) is 16.5. The van der Waals surface area contributed by atoms with Crippen LogP contribution in [-0.2, 0) is 14.8 Å². The van der Waals surface area contributed by atoms with Crippen molar-refractivity contribution in [3.63, 3.8) is 0 Å². The maximum atomic E-state index is 12.7. The summed E-state index contributed by atoms with van der Waals surface area (Å²) in [6, 6.07) is 3.28. The first-order chi connectivity index (χ1) is 13.4. The van der Waals surface area contributed by atoms with Gasteiger partial charge in [0.2, 0.25) is 15.9 Å². The number of amides is 1. The molecule has 1 saturated heterocycles. The summed E-state index contributed by atoms with van der Waals surface area (Å²) in [6.07, 6.45) is 7.67. The average Bonchev–Trinajstić information content (AvgIpc) is 2.72. The van der Waals surface area contributed by atoms with Crippen LogP contribution in [-0.4, -0.2) is 69.1 Å². The van der Waals surface area contributed by atoms with Crippen molar-refractivity contribution in [3.8, 4) is 0 Å². The van der Waals surface area contributed by atoms with Crippen LogP contribution in [0.15, 0.2) is 28.3 Å². The number of quaternary nitrogens is 1. The number of aromatic nitrogens is 1. The molecule has 0 radical (unpaired) electrons. The Balaban J connectivity index is 1.46. The van der Waals surface area contributed by atoms with Gasteiger partial charge in [-0.3, -0.25) is 4.79 Å². The first-order valence-corrected chi connectivity index (χ1v) is 12.5. The van der Waals surface area contributed by atoms with Crippen LogP contribution in [0.5, 0.6) is 0 Å². The van der Waals surface area contributed by atoms with Gasteiger partial charge in [0, 0.05) is 12.7 Å². The fourth-order valence-electron chi connectivity index (χ4n) is 3.70. The van der Waals surface area contributed by atoms with Crippen LogP contribution in [0.2, 0.25) is 0 Å². The number of nitrogens with zero attached hydrogens (tertiary/aromatic N) is 2. The first kappa shape index (κ1) is 21.5. The predicted molar refractivity (Wildman–Crippen MR) is 110 cm³/mol. The highest BCUT2D eigenvalue weighted by Crippen LogP contribution is 2.23. The minimum atomic E-state index is -3.49. The number of carbonyl (C=O) groups excluding carboxylic acids is 1. The predicted octanol–water partition coefficient (Wildman–Crippen LogP) is 0.389. The lowest BCUT2D eigenvalue weighted by Gasteiger charge is -2.29. The van der Waals surface area contributed by atoms with E-state index in [1.165, 1.54) is 59.3 Å². The zero-order chi connectivity index (χ0) is 20.0. The summed E-state index contributed by atoms with van der Waals surface area (Å²) in [6.45, 7) is 3.46. The number of piperazine rings is 1. The molecule has 0 bridgehead atoms. The lowest BCUT2D eigenvalue weighted by Crippen LogP contribution is -3.12. The van der Waals surface area contributed by atoms with Crippen molar-refractivity contribution in [1.82, 2.24) is 14.6 Å². The van der Waals surface area contributed by atoms with E-state index in [4.69, 9.17) is 0 Å². The van der Waals surface area contributed by atoms with E-state index in [9.17, 15) is 13.2 Å². The Labute approximate surface area is 172 Å². The second kappa shape index (κ2) is 10.0. The number of hydrogen-bond acceptors (Lipinski definition) is 5. The standard InChI is InChI=1S/C19H30N4O3S2/c1-22-9-11-23(12-10-22)28(25,26)17-7-8-19(21-14-17)27-15-18(24)20-13-16-5-3-2-4-6-16/h7-8,14,16H,2-6,9-13,15H2,1H3,(H,20,24)/p+1. The summed E-state index contributed by atoms with van der Waals surface area (Å²) in [7, 11) is -1.41. The number of thioether (sulfide) groups is 1. The number of rotatable bonds is 7. The van der Waals surface area contributed by atoms with Crippen LogP contribution < -0.4 is 10.2 Å². The van der Waals surface area contributed by atoms with Gasteiger partial charge in [-0.25, -0.2) is 13.4 Å². The number of nitrogens with one attached hydrogen (secondary N) is 2. The summed E-state index contributed by atoms with van der Waals surface area (Å²) in [5, 5.41) is 3.67. The molecule has 1 amide bonds. The van der Waals surface area contributed by atoms with Crippen molar-refractivity contribution in [1.29, 1.82) is 0 Å². The Hall–Kier alpha value is -1.16. The van der Waals surface area contributed by atoms with Gasteiger partial charge < -0.3 is 10.2 Å². The van der Waals surface area contributed by atoms with Crippen LogP contribution in [0.1, 0.15) is 32.1 Å². The third-order valence-electron chi connectivity index (χ3n) is 5.59. The highest BCUT2D eigenvalue weighted by atomic mass is 32.2. The molecule has 28 heavy (non-hydrogen) atoms. The number of sulfonamides is 1. The van der Waals surface area contributed by atoms with Gasteiger partial charge in [-0.15, -0.1) is 0 Å². The van der Waals surface area contributed by atoms with Crippen LogP contribution in [0, 0.1) is 5.92 Å². The second-order valence-corrected chi connectivity index (χ2v) is 10.7.